The van der Waals surface area contributed by atoms with E-state index in [1.165, 1.54) is 5.56 Å². The largest absolute Gasteiger partial charge is 0.342 e. The van der Waals surface area contributed by atoms with Crippen molar-refractivity contribution in [1.29, 1.82) is 0 Å². The van der Waals surface area contributed by atoms with Gasteiger partial charge in [0.2, 0.25) is 11.8 Å². The maximum Gasteiger partial charge on any atom is 0.293 e. The maximum atomic E-state index is 12.9. The van der Waals surface area contributed by atoms with Crippen LogP contribution in [0.15, 0.2) is 41.1 Å². The second kappa shape index (κ2) is 9.24. The summed E-state index contributed by atoms with van der Waals surface area (Å²) in [6.45, 7) is 5.90. The van der Waals surface area contributed by atoms with Crippen LogP contribution in [0.3, 0.4) is 0 Å². The Hall–Kier alpha value is -3.55. The van der Waals surface area contributed by atoms with E-state index in [1.54, 1.807) is 6.20 Å². The Morgan fingerprint density at radius 1 is 1.03 bits per heavy atom. The second-order valence-electron chi connectivity index (χ2n) is 10.6. The SMILES string of the molecule is CC(C)(C)c1nc(C(=O)N[C@@H]2CCCCc3cc(-c4ccnc(NC(=O)C5CC5)c4)ccc32)no1. The van der Waals surface area contributed by atoms with Crippen molar-refractivity contribution in [3.05, 3.63) is 59.4 Å². The highest BCUT2D eigenvalue weighted by Crippen LogP contribution is 2.34. The van der Waals surface area contributed by atoms with Crippen LogP contribution in [0.4, 0.5) is 5.82 Å². The number of aryl methyl sites for hydroxylation is 1. The van der Waals surface area contributed by atoms with Gasteiger partial charge in [0, 0.05) is 17.5 Å². The Morgan fingerprint density at radius 3 is 2.57 bits per heavy atom. The van der Waals surface area contributed by atoms with Crippen molar-refractivity contribution in [2.75, 3.05) is 5.32 Å². The molecule has 2 aliphatic carbocycles. The molecule has 8 heteroatoms. The summed E-state index contributed by atoms with van der Waals surface area (Å²) in [6, 6.07) is 10.1. The fraction of sp³-hybridized carbons (Fsp3) is 0.444. The molecule has 1 saturated carbocycles. The topological polar surface area (TPSA) is 110 Å². The number of hydrogen-bond acceptors (Lipinski definition) is 6. The predicted octanol–water partition coefficient (Wildman–Crippen LogP) is 4.98. The molecule has 5 rings (SSSR count). The average molecular weight is 474 g/mol. The summed E-state index contributed by atoms with van der Waals surface area (Å²) in [5.41, 5.74) is 4.09. The molecule has 8 nitrogen and oxygen atoms in total. The zero-order valence-electron chi connectivity index (χ0n) is 20.4. The zero-order chi connectivity index (χ0) is 24.6. The van der Waals surface area contributed by atoms with Crippen LogP contribution in [0.2, 0.25) is 0 Å². The minimum absolute atomic E-state index is 0.0476. The quantitative estimate of drug-likeness (QED) is 0.506. The van der Waals surface area contributed by atoms with E-state index < -0.39 is 0 Å². The number of nitrogens with zero attached hydrogens (tertiary/aromatic N) is 3. The van der Waals surface area contributed by atoms with Crippen LogP contribution in [-0.2, 0) is 16.6 Å². The van der Waals surface area contributed by atoms with E-state index in [1.807, 2.05) is 32.9 Å². The van der Waals surface area contributed by atoms with Crippen LogP contribution in [0.5, 0.6) is 0 Å². The van der Waals surface area contributed by atoms with Crippen molar-refractivity contribution >= 4 is 17.6 Å². The number of hydrogen-bond donors (Lipinski definition) is 2. The molecule has 1 atom stereocenters. The molecule has 2 amide bonds. The number of amides is 2. The summed E-state index contributed by atoms with van der Waals surface area (Å²) in [4.78, 5) is 33.6. The van der Waals surface area contributed by atoms with Gasteiger partial charge in [-0.2, -0.15) is 4.98 Å². The molecule has 0 spiro atoms. The molecule has 0 radical (unpaired) electrons. The molecule has 182 valence electrons. The van der Waals surface area contributed by atoms with Gasteiger partial charge in [-0.05, 0) is 66.5 Å². The lowest BCUT2D eigenvalue weighted by Gasteiger charge is -2.19. The maximum absolute atomic E-state index is 12.9. The Morgan fingerprint density at radius 2 is 1.83 bits per heavy atom. The highest BCUT2D eigenvalue weighted by atomic mass is 16.5. The van der Waals surface area contributed by atoms with Gasteiger partial charge in [-0.15, -0.1) is 0 Å². The van der Waals surface area contributed by atoms with E-state index in [-0.39, 0.29) is 35.0 Å². The number of rotatable bonds is 5. The van der Waals surface area contributed by atoms with E-state index in [0.717, 1.165) is 55.2 Å². The first kappa shape index (κ1) is 23.2. The first-order chi connectivity index (χ1) is 16.8. The fourth-order valence-electron chi connectivity index (χ4n) is 4.41. The number of pyridine rings is 1. The first-order valence-electron chi connectivity index (χ1n) is 12.3. The molecule has 2 N–H and O–H groups in total. The molecular weight excluding hydrogens is 442 g/mol. The standard InChI is InChI=1S/C27H31N5O3/c1-27(2,3)26-31-23(32-35-26)25(34)29-21-7-5-4-6-19-14-17(10-11-20(19)21)18-12-13-28-22(15-18)30-24(33)16-8-9-16/h10-16,21H,4-9H2,1-3H3,(H,29,34)(H,28,30,33)/t21-/m1/s1. The van der Waals surface area contributed by atoms with Crippen LogP contribution in [-0.4, -0.2) is 26.9 Å². The molecule has 1 fully saturated rings. The summed E-state index contributed by atoms with van der Waals surface area (Å²) in [6.07, 6.45) is 7.51. The van der Waals surface area contributed by atoms with E-state index in [2.05, 4.69) is 44.0 Å². The molecule has 2 heterocycles. The van der Waals surface area contributed by atoms with Crippen molar-refractivity contribution in [2.45, 2.75) is 70.8 Å². The van der Waals surface area contributed by atoms with E-state index in [4.69, 9.17) is 4.52 Å². The molecule has 3 aromatic rings. The smallest absolute Gasteiger partial charge is 0.293 e. The lowest BCUT2D eigenvalue weighted by molar-refractivity contribution is -0.117. The zero-order valence-corrected chi connectivity index (χ0v) is 20.4. The van der Waals surface area contributed by atoms with Gasteiger partial charge in [-0.25, -0.2) is 4.98 Å². The van der Waals surface area contributed by atoms with Gasteiger partial charge < -0.3 is 15.2 Å². The van der Waals surface area contributed by atoms with Gasteiger partial charge >= 0.3 is 0 Å². The van der Waals surface area contributed by atoms with E-state index in [0.29, 0.717) is 11.7 Å². The van der Waals surface area contributed by atoms with Gasteiger partial charge in [0.1, 0.15) is 5.82 Å². The molecule has 0 aliphatic heterocycles. The monoisotopic (exact) mass is 473 g/mol. The average Bonchev–Trinajstić information content (AvgIpc) is 3.59. The van der Waals surface area contributed by atoms with Crippen LogP contribution < -0.4 is 10.6 Å². The van der Waals surface area contributed by atoms with E-state index >= 15 is 0 Å². The lowest BCUT2D eigenvalue weighted by atomic mass is 9.94. The Labute approximate surface area is 204 Å². The van der Waals surface area contributed by atoms with E-state index in [9.17, 15) is 9.59 Å². The summed E-state index contributed by atoms with van der Waals surface area (Å²) >= 11 is 0. The van der Waals surface area contributed by atoms with Crippen LogP contribution in [0.1, 0.15) is 86.6 Å². The minimum atomic E-state index is -0.323. The normalized spacial score (nSPS) is 17.9. The number of fused-ring (bicyclic) bond motifs is 1. The number of benzene rings is 1. The van der Waals surface area contributed by atoms with Crippen LogP contribution in [0, 0.1) is 5.92 Å². The molecule has 0 saturated heterocycles. The van der Waals surface area contributed by atoms with Crippen LogP contribution in [0.25, 0.3) is 11.1 Å². The van der Waals surface area contributed by atoms with Gasteiger partial charge in [0.25, 0.3) is 11.7 Å². The third-order valence-corrected chi connectivity index (χ3v) is 6.58. The molecular formula is C27H31N5O3. The number of anilines is 1. The van der Waals surface area contributed by atoms with Gasteiger partial charge in [-0.1, -0.05) is 50.5 Å². The van der Waals surface area contributed by atoms with Crippen molar-refractivity contribution in [3.8, 4) is 11.1 Å². The molecule has 35 heavy (non-hydrogen) atoms. The third-order valence-electron chi connectivity index (χ3n) is 6.58. The number of aromatic nitrogens is 3. The predicted molar refractivity (Wildman–Crippen MR) is 132 cm³/mol. The molecule has 2 aromatic heterocycles. The van der Waals surface area contributed by atoms with Gasteiger partial charge in [0.05, 0.1) is 6.04 Å². The lowest BCUT2D eigenvalue weighted by Crippen LogP contribution is -2.29. The van der Waals surface area contributed by atoms with Crippen molar-refractivity contribution < 1.29 is 14.1 Å². The minimum Gasteiger partial charge on any atom is -0.342 e. The Bertz CT molecular complexity index is 1260. The number of nitrogens with one attached hydrogen (secondary N) is 2. The van der Waals surface area contributed by atoms with Crippen molar-refractivity contribution in [1.82, 2.24) is 20.4 Å². The Kier molecular flexibility index (Phi) is 6.13. The highest BCUT2D eigenvalue weighted by Gasteiger charge is 2.30. The summed E-state index contributed by atoms with van der Waals surface area (Å²) < 4.78 is 5.30. The summed E-state index contributed by atoms with van der Waals surface area (Å²) in [5, 5.41) is 9.94. The molecule has 0 bridgehead atoms. The number of carbonyl (C=O) groups excluding carboxylic acids is 2. The highest BCUT2D eigenvalue weighted by molar-refractivity contribution is 5.93. The molecule has 1 aromatic carbocycles. The second-order valence-corrected chi connectivity index (χ2v) is 10.6. The van der Waals surface area contributed by atoms with Crippen molar-refractivity contribution in [2.24, 2.45) is 5.92 Å². The van der Waals surface area contributed by atoms with Gasteiger partial charge in [0.15, 0.2) is 0 Å². The van der Waals surface area contributed by atoms with Gasteiger partial charge in [-0.3, -0.25) is 9.59 Å². The van der Waals surface area contributed by atoms with Crippen molar-refractivity contribution in [3.63, 3.8) is 0 Å². The molecule has 0 unspecified atom stereocenters. The molecule has 2 aliphatic rings. The fourth-order valence-corrected chi connectivity index (χ4v) is 4.41. The summed E-state index contributed by atoms with van der Waals surface area (Å²) in [5.74, 6) is 0.943. The summed E-state index contributed by atoms with van der Waals surface area (Å²) in [7, 11) is 0. The Balaban J connectivity index is 1.35. The third kappa shape index (κ3) is 5.26. The van der Waals surface area contributed by atoms with Crippen LogP contribution >= 0.6 is 0 Å². The first-order valence-corrected chi connectivity index (χ1v) is 12.3. The number of carbonyl (C=O) groups is 2.